The highest BCUT2D eigenvalue weighted by Crippen LogP contribution is 2.25. The minimum atomic E-state index is -0.854. The predicted octanol–water partition coefficient (Wildman–Crippen LogP) is 3.17. The van der Waals surface area contributed by atoms with Gasteiger partial charge in [0.2, 0.25) is 0 Å². The van der Waals surface area contributed by atoms with E-state index in [4.69, 9.17) is 9.52 Å². The average molecular weight is 301 g/mol. The number of carboxylic acid groups (broad SMARTS) is 1. The van der Waals surface area contributed by atoms with E-state index in [0.29, 0.717) is 11.9 Å². The van der Waals surface area contributed by atoms with Gasteiger partial charge in [-0.3, -0.25) is 4.79 Å². The molecule has 3 aromatic rings. The lowest BCUT2D eigenvalue weighted by atomic mass is 10.1. The van der Waals surface area contributed by atoms with Crippen LogP contribution in [0.5, 0.6) is 0 Å². The van der Waals surface area contributed by atoms with Crippen LogP contribution in [-0.4, -0.2) is 21.3 Å². The molecule has 0 atom stereocenters. The molecule has 0 aliphatic carbocycles. The number of hydrogen-bond donors (Lipinski definition) is 2. The molecule has 0 bridgehead atoms. The van der Waals surface area contributed by atoms with Crippen molar-refractivity contribution in [3.05, 3.63) is 47.3 Å². The monoisotopic (exact) mass is 301 g/mol. The first kappa shape index (κ1) is 13.3. The van der Waals surface area contributed by atoms with Gasteiger partial charge in [-0.05, 0) is 29.1 Å². The maximum Gasteiger partial charge on any atom is 0.320 e. The van der Waals surface area contributed by atoms with Crippen LogP contribution in [0, 0.1) is 0 Å². The summed E-state index contributed by atoms with van der Waals surface area (Å²) in [7, 11) is 0. The number of thiophene rings is 1. The first-order valence-corrected chi connectivity index (χ1v) is 7.04. The van der Waals surface area contributed by atoms with Crippen LogP contribution in [0.25, 0.3) is 10.8 Å². The van der Waals surface area contributed by atoms with Gasteiger partial charge in [-0.2, -0.15) is 0 Å². The van der Waals surface area contributed by atoms with E-state index < -0.39 is 5.97 Å². The molecule has 21 heavy (non-hydrogen) atoms. The van der Waals surface area contributed by atoms with E-state index in [0.717, 1.165) is 16.1 Å². The number of hydrogen-bond acceptors (Lipinski definition) is 6. The second-order valence-electron chi connectivity index (χ2n) is 4.28. The van der Waals surface area contributed by atoms with Crippen molar-refractivity contribution in [2.24, 2.45) is 0 Å². The van der Waals surface area contributed by atoms with Gasteiger partial charge in [0.1, 0.15) is 0 Å². The van der Waals surface area contributed by atoms with Crippen molar-refractivity contribution in [2.75, 3.05) is 5.32 Å². The Balaban J connectivity index is 1.70. The van der Waals surface area contributed by atoms with Crippen molar-refractivity contribution >= 4 is 29.0 Å². The number of aromatic nitrogens is 2. The summed E-state index contributed by atoms with van der Waals surface area (Å²) in [5, 5.41) is 21.5. The van der Waals surface area contributed by atoms with Crippen molar-refractivity contribution < 1.29 is 14.3 Å². The summed E-state index contributed by atoms with van der Waals surface area (Å²) < 4.78 is 5.51. The van der Waals surface area contributed by atoms with Crippen molar-refractivity contribution in [1.29, 1.82) is 0 Å². The summed E-state index contributed by atoms with van der Waals surface area (Å²) in [6.45, 7) is 0. The van der Waals surface area contributed by atoms with E-state index in [9.17, 15) is 4.79 Å². The minimum Gasteiger partial charge on any atom is -0.481 e. The number of nitrogens with zero attached hydrogens (tertiary/aromatic N) is 2. The summed E-state index contributed by atoms with van der Waals surface area (Å²) in [6, 6.07) is 11.1. The Labute approximate surface area is 124 Å². The van der Waals surface area contributed by atoms with Crippen LogP contribution >= 0.6 is 11.3 Å². The van der Waals surface area contributed by atoms with E-state index in [-0.39, 0.29) is 6.42 Å². The SMILES string of the molecule is O=C(O)Cc1ccc(Nc2nnc(-c3cccs3)o2)cc1. The Bertz CT molecular complexity index is 735. The lowest BCUT2D eigenvalue weighted by Gasteiger charge is -2.02. The summed E-state index contributed by atoms with van der Waals surface area (Å²) in [5.41, 5.74) is 1.49. The summed E-state index contributed by atoms with van der Waals surface area (Å²) in [4.78, 5) is 11.5. The van der Waals surface area contributed by atoms with Crippen LogP contribution < -0.4 is 5.32 Å². The molecule has 2 N–H and O–H groups in total. The fourth-order valence-corrected chi connectivity index (χ4v) is 2.42. The second kappa shape index (κ2) is 5.76. The Morgan fingerprint density at radius 2 is 2.05 bits per heavy atom. The topological polar surface area (TPSA) is 88.2 Å². The van der Waals surface area contributed by atoms with Crippen LogP contribution in [0.1, 0.15) is 5.56 Å². The summed E-state index contributed by atoms with van der Waals surface area (Å²) >= 11 is 1.52. The van der Waals surface area contributed by atoms with Gasteiger partial charge < -0.3 is 14.8 Å². The molecular weight excluding hydrogens is 290 g/mol. The number of anilines is 2. The van der Waals surface area contributed by atoms with Gasteiger partial charge in [-0.25, -0.2) is 0 Å². The van der Waals surface area contributed by atoms with Gasteiger partial charge in [0.15, 0.2) is 0 Å². The van der Waals surface area contributed by atoms with E-state index in [2.05, 4.69) is 15.5 Å². The molecule has 0 spiro atoms. The molecule has 2 heterocycles. The highest BCUT2D eigenvalue weighted by atomic mass is 32.1. The molecule has 0 saturated carbocycles. The van der Waals surface area contributed by atoms with E-state index in [1.165, 1.54) is 11.3 Å². The molecule has 1 aromatic carbocycles. The highest BCUT2D eigenvalue weighted by Gasteiger charge is 2.09. The molecular formula is C14H11N3O3S. The Hall–Kier alpha value is -2.67. The second-order valence-corrected chi connectivity index (χ2v) is 5.23. The Kier molecular flexibility index (Phi) is 3.65. The average Bonchev–Trinajstić information content (AvgIpc) is 3.11. The first-order valence-electron chi connectivity index (χ1n) is 6.16. The Morgan fingerprint density at radius 3 is 2.71 bits per heavy atom. The van der Waals surface area contributed by atoms with Gasteiger partial charge in [0, 0.05) is 5.69 Å². The van der Waals surface area contributed by atoms with Crippen molar-refractivity contribution in [3.8, 4) is 10.8 Å². The lowest BCUT2D eigenvalue weighted by molar-refractivity contribution is -0.136. The molecule has 0 amide bonds. The third kappa shape index (κ3) is 3.26. The van der Waals surface area contributed by atoms with Crippen molar-refractivity contribution in [2.45, 2.75) is 6.42 Å². The fourth-order valence-electron chi connectivity index (χ4n) is 1.78. The molecule has 0 radical (unpaired) electrons. The smallest absolute Gasteiger partial charge is 0.320 e. The molecule has 0 fully saturated rings. The fraction of sp³-hybridized carbons (Fsp3) is 0.0714. The highest BCUT2D eigenvalue weighted by molar-refractivity contribution is 7.13. The maximum absolute atomic E-state index is 10.6. The minimum absolute atomic E-state index is 0.00334. The largest absolute Gasteiger partial charge is 0.481 e. The summed E-state index contributed by atoms with van der Waals surface area (Å²) in [6.07, 6.45) is 0.00334. The van der Waals surface area contributed by atoms with Gasteiger partial charge in [-0.1, -0.05) is 23.3 Å². The number of benzene rings is 1. The quantitative estimate of drug-likeness (QED) is 0.752. The molecule has 2 aromatic heterocycles. The van der Waals surface area contributed by atoms with Crippen molar-refractivity contribution in [1.82, 2.24) is 10.2 Å². The zero-order valence-electron chi connectivity index (χ0n) is 10.8. The first-order chi connectivity index (χ1) is 10.2. The number of carbonyl (C=O) groups is 1. The molecule has 0 saturated heterocycles. The molecule has 3 rings (SSSR count). The van der Waals surface area contributed by atoms with Gasteiger partial charge in [0.25, 0.3) is 5.89 Å². The van der Waals surface area contributed by atoms with Crippen LogP contribution in [0.2, 0.25) is 0 Å². The van der Waals surface area contributed by atoms with Crippen LogP contribution in [0.15, 0.2) is 46.2 Å². The molecule has 0 unspecified atom stereocenters. The number of aliphatic carboxylic acids is 1. The van der Waals surface area contributed by atoms with E-state index >= 15 is 0 Å². The van der Waals surface area contributed by atoms with Crippen LogP contribution in [0.3, 0.4) is 0 Å². The number of nitrogens with one attached hydrogen (secondary N) is 1. The van der Waals surface area contributed by atoms with Gasteiger partial charge in [-0.15, -0.1) is 16.4 Å². The zero-order chi connectivity index (χ0) is 14.7. The zero-order valence-corrected chi connectivity index (χ0v) is 11.6. The van der Waals surface area contributed by atoms with E-state index in [1.54, 1.807) is 24.3 Å². The summed E-state index contributed by atoms with van der Waals surface area (Å²) in [5.74, 6) is -0.386. The van der Waals surface area contributed by atoms with Gasteiger partial charge >= 0.3 is 12.0 Å². The Morgan fingerprint density at radius 1 is 1.24 bits per heavy atom. The predicted molar refractivity (Wildman–Crippen MR) is 78.7 cm³/mol. The van der Waals surface area contributed by atoms with Crippen LogP contribution in [-0.2, 0) is 11.2 Å². The molecule has 6 nitrogen and oxygen atoms in total. The maximum atomic E-state index is 10.6. The number of carboxylic acids is 1. The third-order valence-electron chi connectivity index (χ3n) is 2.72. The van der Waals surface area contributed by atoms with Gasteiger partial charge in [0.05, 0.1) is 11.3 Å². The molecule has 7 heteroatoms. The molecule has 0 aliphatic rings. The van der Waals surface area contributed by atoms with Crippen LogP contribution in [0.4, 0.5) is 11.7 Å². The molecule has 0 aliphatic heterocycles. The molecule has 106 valence electrons. The van der Waals surface area contributed by atoms with Crippen molar-refractivity contribution in [3.63, 3.8) is 0 Å². The lowest BCUT2D eigenvalue weighted by Crippen LogP contribution is -1.99. The number of rotatable bonds is 5. The normalized spacial score (nSPS) is 10.5. The standard InChI is InChI=1S/C14H11N3O3S/c18-12(19)8-9-3-5-10(6-4-9)15-14-17-16-13(20-14)11-2-1-7-21-11/h1-7H,8H2,(H,15,17)(H,18,19). The van der Waals surface area contributed by atoms with E-state index in [1.807, 2.05) is 17.5 Å². The third-order valence-corrected chi connectivity index (χ3v) is 3.58.